The lowest BCUT2D eigenvalue weighted by atomic mass is 10.0. The molecule has 0 aliphatic rings. The largest absolute Gasteiger partial charge is 0.327 e. The first-order valence-corrected chi connectivity index (χ1v) is 9.51. The molecule has 0 saturated heterocycles. The lowest BCUT2D eigenvalue weighted by Gasteiger charge is -2.12. The Morgan fingerprint density at radius 2 is 1.76 bits per heavy atom. The van der Waals surface area contributed by atoms with Crippen LogP contribution < -0.4 is 5.73 Å². The van der Waals surface area contributed by atoms with Gasteiger partial charge in [0.25, 0.3) is 0 Å². The fraction of sp³-hybridized carbons (Fsp3) is 0.286. The summed E-state index contributed by atoms with van der Waals surface area (Å²) < 4.78 is 1.99. The Hall–Kier alpha value is -2.04. The highest BCUT2D eigenvalue weighted by atomic mass is 32.2. The zero-order valence-corrected chi connectivity index (χ0v) is 15.9. The van der Waals surface area contributed by atoms with Crippen LogP contribution in [0.2, 0.25) is 0 Å². The van der Waals surface area contributed by atoms with E-state index in [-0.39, 0.29) is 6.04 Å². The molecular formula is C21H25N3S. The Labute approximate surface area is 154 Å². The summed E-state index contributed by atoms with van der Waals surface area (Å²) in [5, 5.41) is 5.99. The second kappa shape index (κ2) is 7.89. The molecule has 1 heterocycles. The molecule has 0 fully saturated rings. The highest BCUT2D eigenvalue weighted by Crippen LogP contribution is 2.36. The van der Waals surface area contributed by atoms with Crippen LogP contribution in [0.5, 0.6) is 0 Å². The maximum atomic E-state index is 6.30. The lowest BCUT2D eigenvalue weighted by Crippen LogP contribution is -2.21. The number of hydrogen-bond acceptors (Lipinski definition) is 3. The molecule has 1 aromatic heterocycles. The van der Waals surface area contributed by atoms with Gasteiger partial charge in [-0.2, -0.15) is 5.10 Å². The quantitative estimate of drug-likeness (QED) is 0.692. The van der Waals surface area contributed by atoms with Gasteiger partial charge in [-0.15, -0.1) is 0 Å². The van der Waals surface area contributed by atoms with Crippen LogP contribution in [0.25, 0.3) is 11.3 Å². The lowest BCUT2D eigenvalue weighted by molar-refractivity contribution is 0.631. The number of benzene rings is 2. The maximum Gasteiger partial charge on any atom is 0.102 e. The van der Waals surface area contributed by atoms with Gasteiger partial charge in [-0.05, 0) is 31.9 Å². The van der Waals surface area contributed by atoms with Crippen LogP contribution in [0.15, 0.2) is 64.5 Å². The molecule has 0 spiro atoms. The van der Waals surface area contributed by atoms with E-state index < -0.39 is 0 Å². The summed E-state index contributed by atoms with van der Waals surface area (Å²) >= 11 is 1.76. The summed E-state index contributed by atoms with van der Waals surface area (Å²) in [6, 6.07) is 19.1. The summed E-state index contributed by atoms with van der Waals surface area (Å²) in [6.45, 7) is 4.24. The molecule has 25 heavy (non-hydrogen) atoms. The monoisotopic (exact) mass is 351 g/mol. The van der Waals surface area contributed by atoms with Crippen LogP contribution in [0.3, 0.4) is 0 Å². The zero-order chi connectivity index (χ0) is 17.8. The fourth-order valence-corrected chi connectivity index (χ4v) is 3.79. The third kappa shape index (κ3) is 4.14. The molecule has 2 aromatic carbocycles. The van der Waals surface area contributed by atoms with Gasteiger partial charge in [-0.25, -0.2) is 0 Å². The van der Waals surface area contributed by atoms with E-state index in [1.807, 2.05) is 17.8 Å². The van der Waals surface area contributed by atoms with E-state index >= 15 is 0 Å². The van der Waals surface area contributed by atoms with Crippen molar-refractivity contribution < 1.29 is 0 Å². The Bertz CT molecular complexity index is 822. The van der Waals surface area contributed by atoms with Gasteiger partial charge in [0.15, 0.2) is 0 Å². The molecule has 0 aliphatic heterocycles. The van der Waals surface area contributed by atoms with Crippen LogP contribution in [-0.2, 0) is 13.5 Å². The summed E-state index contributed by atoms with van der Waals surface area (Å²) in [7, 11) is 2.02. The number of nitrogens with two attached hydrogens (primary N) is 1. The van der Waals surface area contributed by atoms with Gasteiger partial charge in [0.1, 0.15) is 5.03 Å². The molecule has 1 unspecified atom stereocenters. The van der Waals surface area contributed by atoms with E-state index in [1.165, 1.54) is 21.0 Å². The van der Waals surface area contributed by atoms with E-state index in [0.29, 0.717) is 0 Å². The molecule has 0 amide bonds. The topological polar surface area (TPSA) is 43.8 Å². The van der Waals surface area contributed by atoms with Gasteiger partial charge >= 0.3 is 0 Å². The average molecular weight is 352 g/mol. The van der Waals surface area contributed by atoms with Gasteiger partial charge in [0.05, 0.1) is 5.69 Å². The van der Waals surface area contributed by atoms with Crippen molar-refractivity contribution in [2.45, 2.75) is 42.7 Å². The van der Waals surface area contributed by atoms with Crippen molar-refractivity contribution in [3.8, 4) is 11.3 Å². The van der Waals surface area contributed by atoms with Crippen LogP contribution in [0, 0.1) is 6.92 Å². The highest BCUT2D eigenvalue weighted by Gasteiger charge is 2.20. The van der Waals surface area contributed by atoms with E-state index in [4.69, 9.17) is 10.8 Å². The van der Waals surface area contributed by atoms with Crippen LogP contribution in [0.4, 0.5) is 0 Å². The number of hydrogen-bond donors (Lipinski definition) is 1. The zero-order valence-electron chi connectivity index (χ0n) is 15.1. The number of nitrogens with zero attached hydrogens (tertiary/aromatic N) is 2. The number of aryl methyl sites for hydroxylation is 2. The average Bonchev–Trinajstić information content (AvgIpc) is 2.93. The van der Waals surface area contributed by atoms with Crippen molar-refractivity contribution >= 4 is 11.8 Å². The molecule has 0 radical (unpaired) electrons. The van der Waals surface area contributed by atoms with E-state index in [1.54, 1.807) is 11.8 Å². The third-order valence-electron chi connectivity index (χ3n) is 4.36. The Kier molecular flexibility index (Phi) is 5.61. The first-order valence-electron chi connectivity index (χ1n) is 8.70. The predicted octanol–water partition coefficient (Wildman–Crippen LogP) is 4.83. The van der Waals surface area contributed by atoms with Crippen molar-refractivity contribution in [1.82, 2.24) is 9.78 Å². The molecule has 0 bridgehead atoms. The minimum absolute atomic E-state index is 0.143. The molecule has 130 valence electrons. The second-order valence-corrected chi connectivity index (χ2v) is 7.47. The summed E-state index contributed by atoms with van der Waals surface area (Å²) in [5.41, 5.74) is 11.0. The first kappa shape index (κ1) is 17.8. The van der Waals surface area contributed by atoms with Gasteiger partial charge in [0, 0.05) is 29.1 Å². The molecule has 3 aromatic rings. The standard InChI is InChI=1S/C21H25N3S/c1-4-17(22)14-19-20(16-8-6-5-7-9-16)23-24(3)21(19)25-18-12-10-15(2)11-13-18/h5-13,17H,4,14,22H2,1-3H3. The SMILES string of the molecule is CCC(N)Cc1c(-c2ccccc2)nn(C)c1Sc1ccc(C)cc1. The van der Waals surface area contributed by atoms with Crippen molar-refractivity contribution in [2.75, 3.05) is 0 Å². The van der Waals surface area contributed by atoms with Gasteiger partial charge < -0.3 is 5.73 Å². The van der Waals surface area contributed by atoms with Gasteiger partial charge in [-0.1, -0.05) is 66.7 Å². The molecule has 1 atom stereocenters. The molecule has 0 aliphatic carbocycles. The fourth-order valence-electron chi connectivity index (χ4n) is 2.82. The molecule has 3 rings (SSSR count). The molecule has 4 heteroatoms. The molecule has 0 saturated carbocycles. The summed E-state index contributed by atoms with van der Waals surface area (Å²) in [6.07, 6.45) is 1.79. The highest BCUT2D eigenvalue weighted by molar-refractivity contribution is 7.99. The summed E-state index contributed by atoms with van der Waals surface area (Å²) in [4.78, 5) is 1.22. The Balaban J connectivity index is 2.04. The van der Waals surface area contributed by atoms with Crippen molar-refractivity contribution in [3.63, 3.8) is 0 Å². The second-order valence-electron chi connectivity index (χ2n) is 6.41. The molecule has 2 N–H and O–H groups in total. The van der Waals surface area contributed by atoms with Crippen LogP contribution in [-0.4, -0.2) is 15.8 Å². The number of aromatic nitrogens is 2. The van der Waals surface area contributed by atoms with E-state index in [0.717, 1.165) is 24.1 Å². The molecular weight excluding hydrogens is 326 g/mol. The number of rotatable bonds is 6. The first-order chi connectivity index (χ1) is 12.1. The predicted molar refractivity (Wildman–Crippen MR) is 106 cm³/mol. The molecule has 3 nitrogen and oxygen atoms in total. The third-order valence-corrected chi connectivity index (χ3v) is 5.57. The normalized spacial score (nSPS) is 12.3. The Morgan fingerprint density at radius 1 is 1.08 bits per heavy atom. The van der Waals surface area contributed by atoms with Gasteiger partial charge in [0.2, 0.25) is 0 Å². The van der Waals surface area contributed by atoms with Crippen LogP contribution in [0.1, 0.15) is 24.5 Å². The maximum absolute atomic E-state index is 6.30. The van der Waals surface area contributed by atoms with Gasteiger partial charge in [-0.3, -0.25) is 4.68 Å². The minimum atomic E-state index is 0.143. The van der Waals surface area contributed by atoms with E-state index in [2.05, 4.69) is 62.4 Å². The summed E-state index contributed by atoms with van der Waals surface area (Å²) in [5.74, 6) is 0. The van der Waals surface area contributed by atoms with E-state index in [9.17, 15) is 0 Å². The van der Waals surface area contributed by atoms with Crippen molar-refractivity contribution in [1.29, 1.82) is 0 Å². The van der Waals surface area contributed by atoms with Crippen molar-refractivity contribution in [3.05, 3.63) is 65.7 Å². The minimum Gasteiger partial charge on any atom is -0.327 e. The smallest absolute Gasteiger partial charge is 0.102 e. The van der Waals surface area contributed by atoms with Crippen molar-refractivity contribution in [2.24, 2.45) is 12.8 Å². The Morgan fingerprint density at radius 3 is 2.40 bits per heavy atom. The van der Waals surface area contributed by atoms with Crippen LogP contribution >= 0.6 is 11.8 Å².